The molecular formula is C35H31IN2O4S. The molecule has 0 unspecified atom stereocenters. The van der Waals surface area contributed by atoms with Gasteiger partial charge in [0, 0.05) is 50.0 Å². The molecule has 8 heteroatoms. The molecule has 0 radical (unpaired) electrons. The lowest BCUT2D eigenvalue weighted by Crippen LogP contribution is -2.06. The number of nitrogens with zero attached hydrogens (tertiary/aromatic N) is 1. The van der Waals surface area contributed by atoms with Gasteiger partial charge in [0.25, 0.3) is 10.1 Å². The lowest BCUT2D eigenvalue weighted by atomic mass is 9.93. The van der Waals surface area contributed by atoms with Gasteiger partial charge in [-0.15, -0.1) is 20.7 Å². The Morgan fingerprint density at radius 1 is 0.884 bits per heavy atom. The van der Waals surface area contributed by atoms with Gasteiger partial charge in [0.05, 0.1) is 11.0 Å². The molecular weight excluding hydrogens is 671 g/mol. The standard InChI is InChI=1S/C35H31IN2O4S/c1-21-8-7-9-22(2)34(21)37-25-12-14-27-30(18-25)42-31-19-26(38-35-23(3)16-17-36-20-24(35)4)13-15-28(31)33(27)29-10-5-6-11-32(29)43(39,40)41/h5-16,18-20,38H,17H2,1-4H3,(H,39,40,41). The highest BCUT2D eigenvalue weighted by Crippen LogP contribution is 2.43. The Labute approximate surface area is 261 Å². The van der Waals surface area contributed by atoms with Gasteiger partial charge in [-0.2, -0.15) is 8.42 Å². The van der Waals surface area contributed by atoms with Gasteiger partial charge in [-0.1, -0.05) is 42.5 Å². The zero-order valence-corrected chi connectivity index (χ0v) is 27.2. The summed E-state index contributed by atoms with van der Waals surface area (Å²) in [6.45, 7) is 8.32. The van der Waals surface area contributed by atoms with Crippen LogP contribution in [0.15, 0.2) is 116 Å². The van der Waals surface area contributed by atoms with Crippen LogP contribution >= 0.6 is 20.7 Å². The van der Waals surface area contributed by atoms with E-state index in [9.17, 15) is 13.0 Å². The number of anilines is 1. The summed E-state index contributed by atoms with van der Waals surface area (Å²) < 4.78 is 45.1. The summed E-state index contributed by atoms with van der Waals surface area (Å²) in [5.41, 5.74) is 9.78. The third-order valence-electron chi connectivity index (χ3n) is 7.59. The van der Waals surface area contributed by atoms with Gasteiger partial charge in [0.2, 0.25) is 0 Å². The molecule has 0 amide bonds. The van der Waals surface area contributed by atoms with Crippen LogP contribution in [-0.2, 0) is 10.1 Å². The number of allylic oxidation sites excluding steroid dienone is 3. The molecule has 2 heterocycles. The van der Waals surface area contributed by atoms with Crippen molar-refractivity contribution in [2.75, 3.05) is 9.74 Å². The third kappa shape index (κ3) is 5.87. The zero-order valence-electron chi connectivity index (χ0n) is 24.3. The molecule has 3 aliphatic rings. The SMILES string of the molecule is CC1=CCI=CC(C)=C1Nc1ccc2c(-c3ccccc3S(=O)(=O)O)c3ccc(=Nc4c(C)cccc4C)cc-3oc2c1. The minimum Gasteiger partial charge on any atom is -0.456 e. The number of aryl methyl sites for hydroxylation is 2. The molecule has 6 nitrogen and oxygen atoms in total. The quantitative estimate of drug-likeness (QED) is 0.0828. The van der Waals surface area contributed by atoms with Gasteiger partial charge in [-0.05, 0) is 84.3 Å². The number of hydrogen-bond acceptors (Lipinski definition) is 5. The highest BCUT2D eigenvalue weighted by molar-refractivity contribution is 14.2. The highest BCUT2D eigenvalue weighted by Gasteiger charge is 2.23. The van der Waals surface area contributed by atoms with Crippen LogP contribution in [0.1, 0.15) is 25.0 Å². The number of hydrogen-bond donors (Lipinski definition) is 2. The van der Waals surface area contributed by atoms with E-state index in [0.717, 1.165) is 43.4 Å². The number of alkyl halides is 1. The largest absolute Gasteiger partial charge is 0.456 e. The number of rotatable bonds is 5. The fraction of sp³-hybridized carbons (Fsp3) is 0.143. The Morgan fingerprint density at radius 2 is 1.65 bits per heavy atom. The molecule has 6 rings (SSSR count). The van der Waals surface area contributed by atoms with E-state index in [1.807, 2.05) is 68.4 Å². The van der Waals surface area contributed by atoms with Gasteiger partial charge < -0.3 is 9.73 Å². The second-order valence-corrected chi connectivity index (χ2v) is 14.5. The van der Waals surface area contributed by atoms with E-state index in [4.69, 9.17) is 9.41 Å². The summed E-state index contributed by atoms with van der Waals surface area (Å²) in [7, 11) is -4.50. The summed E-state index contributed by atoms with van der Waals surface area (Å²) >= 11 is 0.000597. The second-order valence-electron chi connectivity index (χ2n) is 10.7. The van der Waals surface area contributed by atoms with Crippen LogP contribution < -0.4 is 10.7 Å². The average Bonchev–Trinajstić information content (AvgIpc) is 3.13. The van der Waals surface area contributed by atoms with E-state index in [-0.39, 0.29) is 25.6 Å². The maximum Gasteiger partial charge on any atom is 0.295 e. The van der Waals surface area contributed by atoms with Crippen LogP contribution in [-0.4, -0.2) is 21.4 Å². The maximum absolute atomic E-state index is 12.5. The molecule has 2 aliphatic heterocycles. The van der Waals surface area contributed by atoms with Crippen molar-refractivity contribution in [3.8, 4) is 22.5 Å². The molecule has 0 saturated heterocycles. The first-order valence-corrected chi connectivity index (χ1v) is 18.1. The Kier molecular flexibility index (Phi) is 7.93. The predicted octanol–water partition coefficient (Wildman–Crippen LogP) is 8.72. The van der Waals surface area contributed by atoms with Crippen LogP contribution in [0.25, 0.3) is 33.4 Å². The van der Waals surface area contributed by atoms with E-state index in [1.165, 1.54) is 17.2 Å². The van der Waals surface area contributed by atoms with Crippen molar-refractivity contribution in [2.24, 2.45) is 4.99 Å². The molecule has 0 saturated carbocycles. The Hall–Kier alpha value is -3.86. The molecule has 0 fully saturated rings. The first kappa shape index (κ1) is 29.2. The van der Waals surface area contributed by atoms with Crippen molar-refractivity contribution in [3.05, 3.63) is 118 Å². The molecule has 43 heavy (non-hydrogen) atoms. The first-order chi connectivity index (χ1) is 20.6. The molecule has 1 aliphatic carbocycles. The summed E-state index contributed by atoms with van der Waals surface area (Å²) in [6.07, 6.45) is 2.28. The van der Waals surface area contributed by atoms with E-state index in [0.29, 0.717) is 28.0 Å². The Balaban J connectivity index is 1.62. The highest BCUT2D eigenvalue weighted by atomic mass is 127. The van der Waals surface area contributed by atoms with Crippen molar-refractivity contribution >= 4 is 57.2 Å². The molecule has 0 aromatic heterocycles. The lowest BCUT2D eigenvalue weighted by Gasteiger charge is -2.18. The molecule has 0 bridgehead atoms. The normalized spacial score (nSPS) is 14.5. The van der Waals surface area contributed by atoms with E-state index >= 15 is 0 Å². The first-order valence-electron chi connectivity index (χ1n) is 13.8. The van der Waals surface area contributed by atoms with Crippen LogP contribution in [0, 0.1) is 13.8 Å². The monoisotopic (exact) mass is 702 g/mol. The molecule has 2 N–H and O–H groups in total. The van der Waals surface area contributed by atoms with Gasteiger partial charge in [0.15, 0.2) is 0 Å². The molecule has 3 aromatic carbocycles. The molecule has 0 spiro atoms. The van der Waals surface area contributed by atoms with Crippen LogP contribution in [0.3, 0.4) is 0 Å². The number of para-hydroxylation sites is 1. The minimum atomic E-state index is -4.50. The summed E-state index contributed by atoms with van der Waals surface area (Å²) in [5.74, 6) is 0.552. The topological polar surface area (TPSA) is 91.9 Å². The maximum atomic E-state index is 12.5. The van der Waals surface area contributed by atoms with Crippen molar-refractivity contribution < 1.29 is 17.4 Å². The van der Waals surface area contributed by atoms with Crippen molar-refractivity contribution in [1.29, 1.82) is 0 Å². The molecule has 0 atom stereocenters. The number of halogens is 1. The average molecular weight is 703 g/mol. The Morgan fingerprint density at radius 3 is 2.42 bits per heavy atom. The fourth-order valence-electron chi connectivity index (χ4n) is 5.46. The van der Waals surface area contributed by atoms with Gasteiger partial charge in [0.1, 0.15) is 16.2 Å². The van der Waals surface area contributed by atoms with Gasteiger partial charge in [-0.25, -0.2) is 4.99 Å². The van der Waals surface area contributed by atoms with Gasteiger partial charge >= 0.3 is 0 Å². The van der Waals surface area contributed by atoms with Crippen LogP contribution in [0.4, 0.5) is 11.4 Å². The molecule has 218 valence electrons. The number of fused-ring (bicyclic) bond motifs is 2. The minimum absolute atomic E-state index is 0.000597. The fourth-order valence-corrected chi connectivity index (χ4v) is 8.29. The van der Waals surface area contributed by atoms with E-state index < -0.39 is 10.1 Å². The number of nitrogens with one attached hydrogen (secondary N) is 1. The third-order valence-corrected chi connectivity index (χ3v) is 10.8. The van der Waals surface area contributed by atoms with E-state index in [1.54, 1.807) is 18.2 Å². The smallest absolute Gasteiger partial charge is 0.295 e. The Bertz CT molecular complexity index is 2140. The lowest BCUT2D eigenvalue weighted by molar-refractivity contribution is 0.483. The zero-order chi connectivity index (χ0) is 30.3. The summed E-state index contributed by atoms with van der Waals surface area (Å²) in [5, 5.41) is 5.04. The summed E-state index contributed by atoms with van der Waals surface area (Å²) in [6, 6.07) is 24.1. The van der Waals surface area contributed by atoms with Crippen molar-refractivity contribution in [2.45, 2.75) is 32.6 Å². The van der Waals surface area contributed by atoms with E-state index in [2.05, 4.69) is 29.3 Å². The second kappa shape index (κ2) is 11.7. The van der Waals surface area contributed by atoms with Crippen LogP contribution in [0.2, 0.25) is 0 Å². The summed E-state index contributed by atoms with van der Waals surface area (Å²) in [4.78, 5) is 4.77. The van der Waals surface area contributed by atoms with Crippen molar-refractivity contribution in [1.82, 2.24) is 0 Å². The van der Waals surface area contributed by atoms with Crippen LogP contribution in [0.5, 0.6) is 0 Å². The molecule has 3 aromatic rings. The van der Waals surface area contributed by atoms with Gasteiger partial charge in [-0.3, -0.25) is 4.55 Å². The predicted molar refractivity (Wildman–Crippen MR) is 184 cm³/mol. The number of benzene rings is 4. The van der Waals surface area contributed by atoms with Crippen molar-refractivity contribution in [3.63, 3.8) is 0 Å².